The minimum Gasteiger partial charge on any atom is -0.366 e. The first kappa shape index (κ1) is 18.0. The van der Waals surface area contributed by atoms with E-state index in [-0.39, 0.29) is 22.4 Å². The maximum Gasteiger partial charge on any atom is 0.292 e. The average Bonchev–Trinajstić information content (AvgIpc) is 3.10. The topological polar surface area (TPSA) is 80.4 Å². The Bertz CT molecular complexity index is 1040. The second-order valence-corrected chi connectivity index (χ2v) is 7.16. The Morgan fingerprint density at radius 2 is 1.86 bits per heavy atom. The number of fused-ring (bicyclic) bond motifs is 1. The first-order valence-electron chi connectivity index (χ1n) is 9.38. The van der Waals surface area contributed by atoms with Crippen molar-refractivity contribution in [2.24, 2.45) is 13.0 Å². The van der Waals surface area contributed by atoms with E-state index in [9.17, 15) is 14.9 Å². The van der Waals surface area contributed by atoms with Gasteiger partial charge in [0.05, 0.1) is 10.6 Å². The van der Waals surface area contributed by atoms with Crippen LogP contribution in [0.3, 0.4) is 0 Å². The molecule has 1 aliphatic rings. The summed E-state index contributed by atoms with van der Waals surface area (Å²) in [5.41, 5.74) is 2.63. The number of aryl methyl sites for hydroxylation is 1. The number of nitro benzene ring substituents is 1. The van der Waals surface area contributed by atoms with E-state index in [1.807, 2.05) is 53.0 Å². The Kier molecular flexibility index (Phi) is 4.73. The van der Waals surface area contributed by atoms with Gasteiger partial charge in [0.25, 0.3) is 5.69 Å². The van der Waals surface area contributed by atoms with Crippen LogP contribution in [-0.4, -0.2) is 28.5 Å². The molecule has 1 aromatic heterocycles. The number of nitrogens with zero attached hydrogens (tertiary/aromatic N) is 3. The smallest absolute Gasteiger partial charge is 0.292 e. The molecule has 0 radical (unpaired) electrons. The molecule has 28 heavy (non-hydrogen) atoms. The van der Waals surface area contributed by atoms with E-state index in [1.54, 1.807) is 12.1 Å². The Morgan fingerprint density at radius 1 is 1.11 bits per heavy atom. The van der Waals surface area contributed by atoms with E-state index in [0.29, 0.717) is 31.6 Å². The minimum absolute atomic E-state index is 0.0126. The predicted octanol–water partition coefficient (Wildman–Crippen LogP) is 3.94. The SMILES string of the molecule is Cn1ccc2c(NC(=O)C3CCN(c4ccccc4[N+](=O)[O-])CC3)cccc21. The molecule has 7 nitrogen and oxygen atoms in total. The Balaban J connectivity index is 1.44. The van der Waals surface area contributed by atoms with E-state index in [0.717, 1.165) is 16.6 Å². The molecule has 1 amide bonds. The van der Waals surface area contributed by atoms with Crippen molar-refractivity contribution in [1.29, 1.82) is 0 Å². The van der Waals surface area contributed by atoms with E-state index >= 15 is 0 Å². The second kappa shape index (κ2) is 7.34. The number of carbonyl (C=O) groups is 1. The molecule has 0 saturated carbocycles. The van der Waals surface area contributed by atoms with Gasteiger partial charge in [0.1, 0.15) is 5.69 Å². The standard InChI is InChI=1S/C21H22N4O3/c1-23-12-11-16-17(5-4-8-18(16)23)22-21(26)15-9-13-24(14-10-15)19-6-2-3-7-20(19)25(27)28/h2-8,11-12,15H,9-10,13-14H2,1H3,(H,22,26). The molecule has 4 rings (SSSR count). The molecule has 1 N–H and O–H groups in total. The van der Waals surface area contributed by atoms with Gasteiger partial charge in [-0.25, -0.2) is 0 Å². The van der Waals surface area contributed by atoms with Crippen LogP contribution in [0.4, 0.5) is 17.1 Å². The summed E-state index contributed by atoms with van der Waals surface area (Å²) in [7, 11) is 1.98. The fourth-order valence-electron chi connectivity index (χ4n) is 3.91. The van der Waals surface area contributed by atoms with E-state index in [1.165, 1.54) is 6.07 Å². The molecule has 1 fully saturated rings. The van der Waals surface area contributed by atoms with Gasteiger partial charge in [-0.3, -0.25) is 14.9 Å². The quantitative estimate of drug-likeness (QED) is 0.551. The van der Waals surface area contributed by atoms with Gasteiger partial charge in [-0.05, 0) is 37.1 Å². The van der Waals surface area contributed by atoms with Crippen molar-refractivity contribution < 1.29 is 9.72 Å². The number of aromatic nitrogens is 1. The van der Waals surface area contributed by atoms with E-state index in [4.69, 9.17) is 0 Å². The van der Waals surface area contributed by atoms with Gasteiger partial charge in [0, 0.05) is 49.2 Å². The molecule has 0 atom stereocenters. The molecule has 3 aromatic rings. The van der Waals surface area contributed by atoms with Gasteiger partial charge < -0.3 is 14.8 Å². The first-order chi connectivity index (χ1) is 13.5. The Labute approximate surface area is 162 Å². The summed E-state index contributed by atoms with van der Waals surface area (Å²) in [4.78, 5) is 25.7. The maximum absolute atomic E-state index is 12.8. The summed E-state index contributed by atoms with van der Waals surface area (Å²) in [6, 6.07) is 14.7. The van der Waals surface area contributed by atoms with Crippen molar-refractivity contribution in [1.82, 2.24) is 4.57 Å². The van der Waals surface area contributed by atoms with Crippen molar-refractivity contribution in [2.75, 3.05) is 23.3 Å². The fraction of sp³-hybridized carbons (Fsp3) is 0.286. The van der Waals surface area contributed by atoms with Crippen molar-refractivity contribution in [3.05, 3.63) is 64.8 Å². The van der Waals surface area contributed by atoms with Gasteiger partial charge in [-0.2, -0.15) is 0 Å². The summed E-state index contributed by atoms with van der Waals surface area (Å²) in [5, 5.41) is 15.4. The number of anilines is 2. The third-order valence-corrected chi connectivity index (χ3v) is 5.47. The van der Waals surface area contributed by atoms with Gasteiger partial charge in [-0.1, -0.05) is 18.2 Å². The number of amides is 1. The number of benzene rings is 2. The fourth-order valence-corrected chi connectivity index (χ4v) is 3.91. The highest BCUT2D eigenvalue weighted by atomic mass is 16.6. The molecule has 0 aliphatic carbocycles. The van der Waals surface area contributed by atoms with Crippen LogP contribution in [0.15, 0.2) is 54.7 Å². The highest BCUT2D eigenvalue weighted by Crippen LogP contribution is 2.32. The van der Waals surface area contributed by atoms with Crippen LogP contribution in [0.5, 0.6) is 0 Å². The summed E-state index contributed by atoms with van der Waals surface area (Å²) in [6.45, 7) is 1.25. The zero-order valence-corrected chi connectivity index (χ0v) is 15.7. The summed E-state index contributed by atoms with van der Waals surface area (Å²) < 4.78 is 2.02. The van der Waals surface area contributed by atoms with Gasteiger partial charge in [0.2, 0.25) is 5.91 Å². The average molecular weight is 378 g/mol. The van der Waals surface area contributed by atoms with Crippen molar-refractivity contribution in [3.8, 4) is 0 Å². The van der Waals surface area contributed by atoms with Crippen LogP contribution in [0.2, 0.25) is 0 Å². The highest BCUT2D eigenvalue weighted by Gasteiger charge is 2.28. The van der Waals surface area contributed by atoms with Crippen LogP contribution in [0, 0.1) is 16.0 Å². The normalized spacial score (nSPS) is 15.0. The van der Waals surface area contributed by atoms with E-state index in [2.05, 4.69) is 5.32 Å². The highest BCUT2D eigenvalue weighted by molar-refractivity contribution is 6.02. The number of hydrogen-bond acceptors (Lipinski definition) is 4. The van der Waals surface area contributed by atoms with Crippen molar-refractivity contribution in [3.63, 3.8) is 0 Å². The zero-order chi connectivity index (χ0) is 19.7. The molecule has 1 saturated heterocycles. The largest absolute Gasteiger partial charge is 0.366 e. The molecular weight excluding hydrogens is 356 g/mol. The number of para-hydroxylation sites is 2. The van der Waals surface area contributed by atoms with Crippen LogP contribution >= 0.6 is 0 Å². The second-order valence-electron chi connectivity index (χ2n) is 7.16. The molecule has 7 heteroatoms. The molecule has 0 unspecified atom stereocenters. The van der Waals surface area contributed by atoms with Crippen molar-refractivity contribution in [2.45, 2.75) is 12.8 Å². The lowest BCUT2D eigenvalue weighted by Crippen LogP contribution is -2.38. The number of carbonyl (C=O) groups excluding carboxylic acids is 1. The van der Waals surface area contributed by atoms with Gasteiger partial charge >= 0.3 is 0 Å². The van der Waals surface area contributed by atoms with Gasteiger partial charge in [-0.15, -0.1) is 0 Å². The molecular formula is C21H22N4O3. The van der Waals surface area contributed by atoms with Crippen LogP contribution in [0.25, 0.3) is 10.9 Å². The van der Waals surface area contributed by atoms with Crippen LogP contribution in [-0.2, 0) is 11.8 Å². The number of hydrogen-bond donors (Lipinski definition) is 1. The summed E-state index contributed by atoms with van der Waals surface area (Å²) in [6.07, 6.45) is 3.32. The number of piperidine rings is 1. The molecule has 2 heterocycles. The molecule has 0 spiro atoms. The summed E-state index contributed by atoms with van der Waals surface area (Å²) >= 11 is 0. The van der Waals surface area contributed by atoms with Crippen LogP contribution in [0.1, 0.15) is 12.8 Å². The van der Waals surface area contributed by atoms with Crippen LogP contribution < -0.4 is 10.2 Å². The number of nitro groups is 1. The monoisotopic (exact) mass is 378 g/mol. The molecule has 144 valence electrons. The predicted molar refractivity (Wildman–Crippen MR) is 110 cm³/mol. The molecule has 1 aliphatic heterocycles. The Hall–Kier alpha value is -3.35. The lowest BCUT2D eigenvalue weighted by molar-refractivity contribution is -0.384. The molecule has 2 aromatic carbocycles. The lowest BCUT2D eigenvalue weighted by atomic mass is 9.95. The first-order valence-corrected chi connectivity index (χ1v) is 9.38. The number of nitrogens with one attached hydrogen (secondary N) is 1. The third kappa shape index (κ3) is 3.31. The third-order valence-electron chi connectivity index (χ3n) is 5.47. The van der Waals surface area contributed by atoms with E-state index < -0.39 is 0 Å². The zero-order valence-electron chi connectivity index (χ0n) is 15.7. The minimum atomic E-state index is -0.353. The maximum atomic E-state index is 12.8. The molecule has 0 bridgehead atoms. The summed E-state index contributed by atoms with van der Waals surface area (Å²) in [5.74, 6) is -0.0865. The number of rotatable bonds is 4. The van der Waals surface area contributed by atoms with Crippen molar-refractivity contribution >= 4 is 33.9 Å². The Morgan fingerprint density at radius 3 is 2.61 bits per heavy atom. The lowest BCUT2D eigenvalue weighted by Gasteiger charge is -2.32. The van der Waals surface area contributed by atoms with Gasteiger partial charge in [0.15, 0.2) is 0 Å².